The molecular weight excluding hydrogens is 264 g/mol. The van der Waals surface area contributed by atoms with Gasteiger partial charge < -0.3 is 5.32 Å². The number of benzene rings is 1. The molecule has 0 atom stereocenters. The fraction of sp³-hybridized carbons (Fsp3) is 0.0625. The van der Waals surface area contributed by atoms with Gasteiger partial charge >= 0.3 is 6.03 Å². The average Bonchev–Trinajstić information content (AvgIpc) is 3.04. The van der Waals surface area contributed by atoms with Crippen molar-refractivity contribution in [3.05, 3.63) is 72.9 Å². The fourth-order valence-electron chi connectivity index (χ4n) is 1.96. The number of amides is 1. The van der Waals surface area contributed by atoms with Gasteiger partial charge in [0.1, 0.15) is 6.33 Å². The molecule has 1 N–H and O–H groups in total. The first-order chi connectivity index (χ1) is 10.3. The lowest BCUT2D eigenvalue weighted by molar-refractivity contribution is 0.242. The molecule has 0 spiro atoms. The van der Waals surface area contributed by atoms with Crippen LogP contribution in [0.2, 0.25) is 0 Å². The van der Waals surface area contributed by atoms with Gasteiger partial charge in [-0.3, -0.25) is 9.55 Å². The van der Waals surface area contributed by atoms with Crippen molar-refractivity contribution in [3.8, 4) is 11.3 Å². The van der Waals surface area contributed by atoms with Gasteiger partial charge in [0.25, 0.3) is 0 Å². The minimum absolute atomic E-state index is 0.207. The summed E-state index contributed by atoms with van der Waals surface area (Å²) in [4.78, 5) is 20.3. The van der Waals surface area contributed by atoms with Gasteiger partial charge in [-0.05, 0) is 17.7 Å². The Morgan fingerprint density at radius 3 is 2.76 bits per heavy atom. The van der Waals surface area contributed by atoms with E-state index in [1.807, 2.05) is 42.5 Å². The molecule has 0 saturated heterocycles. The molecule has 1 aromatic carbocycles. The lowest BCUT2D eigenvalue weighted by atomic mass is 10.2. The van der Waals surface area contributed by atoms with Crippen LogP contribution in [0.1, 0.15) is 5.56 Å². The average molecular weight is 278 g/mol. The third kappa shape index (κ3) is 3.14. The number of imidazole rings is 1. The molecule has 0 bridgehead atoms. The number of nitrogens with one attached hydrogen (secondary N) is 1. The fourth-order valence-corrected chi connectivity index (χ4v) is 1.96. The summed E-state index contributed by atoms with van der Waals surface area (Å²) in [7, 11) is 0. The van der Waals surface area contributed by atoms with Crippen molar-refractivity contribution >= 4 is 6.03 Å². The maximum Gasteiger partial charge on any atom is 0.327 e. The van der Waals surface area contributed by atoms with E-state index in [-0.39, 0.29) is 6.03 Å². The summed E-state index contributed by atoms with van der Waals surface area (Å²) in [6.07, 6.45) is 6.61. The molecule has 104 valence electrons. The molecule has 3 aromatic rings. The van der Waals surface area contributed by atoms with Gasteiger partial charge in [-0.15, -0.1) is 0 Å². The van der Waals surface area contributed by atoms with Crippen LogP contribution in [0.5, 0.6) is 0 Å². The molecule has 0 fully saturated rings. The van der Waals surface area contributed by atoms with Crippen LogP contribution < -0.4 is 5.32 Å². The van der Waals surface area contributed by atoms with Gasteiger partial charge in [0.2, 0.25) is 0 Å². The van der Waals surface area contributed by atoms with E-state index in [1.54, 1.807) is 18.6 Å². The Bertz CT molecular complexity index is 722. The van der Waals surface area contributed by atoms with Crippen molar-refractivity contribution in [1.29, 1.82) is 0 Å². The van der Waals surface area contributed by atoms with Crippen molar-refractivity contribution < 1.29 is 4.79 Å². The zero-order valence-corrected chi connectivity index (χ0v) is 11.3. The number of hydrogen-bond acceptors (Lipinski definition) is 3. The Morgan fingerprint density at radius 1 is 1.14 bits per heavy atom. The molecule has 1 amide bonds. The lowest BCUT2D eigenvalue weighted by Gasteiger charge is -2.04. The largest absolute Gasteiger partial charge is 0.333 e. The monoisotopic (exact) mass is 278 g/mol. The number of carbonyl (C=O) groups is 1. The topological polar surface area (TPSA) is 59.8 Å². The minimum atomic E-state index is -0.207. The van der Waals surface area contributed by atoms with Crippen LogP contribution in [0.25, 0.3) is 11.3 Å². The summed E-state index contributed by atoms with van der Waals surface area (Å²) in [5, 5.41) is 2.85. The number of carbonyl (C=O) groups excluding carboxylic acids is 1. The minimum Gasteiger partial charge on any atom is -0.333 e. The number of hydrogen-bond donors (Lipinski definition) is 1. The van der Waals surface area contributed by atoms with Gasteiger partial charge in [0.15, 0.2) is 0 Å². The summed E-state index contributed by atoms with van der Waals surface area (Å²) < 4.78 is 1.44. The normalized spacial score (nSPS) is 10.3. The first-order valence-corrected chi connectivity index (χ1v) is 6.59. The van der Waals surface area contributed by atoms with Gasteiger partial charge in [-0.1, -0.05) is 30.3 Å². The SMILES string of the molecule is O=C(NCc1ccccc1)n1cnc(-c2cccnc2)c1. The van der Waals surface area contributed by atoms with Gasteiger partial charge in [-0.25, -0.2) is 9.78 Å². The maximum absolute atomic E-state index is 12.1. The van der Waals surface area contributed by atoms with E-state index < -0.39 is 0 Å². The standard InChI is InChI=1S/C16H14N4O/c21-16(18-9-13-5-2-1-3-6-13)20-11-15(19-12-20)14-7-4-8-17-10-14/h1-8,10-12H,9H2,(H,18,21). The second kappa shape index (κ2) is 6.00. The summed E-state index contributed by atoms with van der Waals surface area (Å²) in [5.41, 5.74) is 2.66. The molecule has 0 saturated carbocycles. The van der Waals surface area contributed by atoms with E-state index in [1.165, 1.54) is 10.9 Å². The summed E-state index contributed by atoms with van der Waals surface area (Å²) in [5.74, 6) is 0. The third-order valence-electron chi connectivity index (χ3n) is 3.06. The van der Waals surface area contributed by atoms with Crippen LogP contribution in [0.4, 0.5) is 4.79 Å². The first-order valence-electron chi connectivity index (χ1n) is 6.59. The molecule has 0 unspecified atom stereocenters. The van der Waals surface area contributed by atoms with Crippen molar-refractivity contribution in [2.24, 2.45) is 0 Å². The second-order valence-corrected chi connectivity index (χ2v) is 4.55. The summed E-state index contributed by atoms with van der Waals surface area (Å²) in [6, 6.07) is 13.3. The Balaban J connectivity index is 1.67. The van der Waals surface area contributed by atoms with Crippen LogP contribution in [-0.2, 0) is 6.54 Å². The molecule has 5 nitrogen and oxygen atoms in total. The van der Waals surface area contributed by atoms with Crippen molar-refractivity contribution in [2.75, 3.05) is 0 Å². The predicted octanol–water partition coefficient (Wildman–Crippen LogP) is 2.70. The highest BCUT2D eigenvalue weighted by atomic mass is 16.2. The van der Waals surface area contributed by atoms with Crippen LogP contribution >= 0.6 is 0 Å². The Hall–Kier alpha value is -2.95. The van der Waals surface area contributed by atoms with E-state index in [2.05, 4.69) is 15.3 Å². The molecule has 2 aromatic heterocycles. The molecule has 0 radical (unpaired) electrons. The van der Waals surface area contributed by atoms with Crippen LogP contribution in [0, 0.1) is 0 Å². The highest BCUT2D eigenvalue weighted by Gasteiger charge is 2.07. The Kier molecular flexibility index (Phi) is 3.73. The number of nitrogens with zero attached hydrogens (tertiary/aromatic N) is 3. The third-order valence-corrected chi connectivity index (χ3v) is 3.06. The first kappa shape index (κ1) is 13.1. The molecule has 5 heteroatoms. The molecular formula is C16H14N4O. The van der Waals surface area contributed by atoms with Crippen molar-refractivity contribution in [1.82, 2.24) is 19.9 Å². The molecule has 21 heavy (non-hydrogen) atoms. The lowest BCUT2D eigenvalue weighted by Crippen LogP contribution is -2.26. The zero-order valence-electron chi connectivity index (χ0n) is 11.3. The number of pyridine rings is 1. The van der Waals surface area contributed by atoms with Gasteiger partial charge in [0, 0.05) is 30.7 Å². The van der Waals surface area contributed by atoms with Crippen LogP contribution in [0.15, 0.2) is 67.4 Å². The highest BCUT2D eigenvalue weighted by molar-refractivity contribution is 5.77. The zero-order chi connectivity index (χ0) is 14.5. The van der Waals surface area contributed by atoms with E-state index in [4.69, 9.17) is 0 Å². The quantitative estimate of drug-likeness (QED) is 0.801. The van der Waals surface area contributed by atoms with E-state index in [9.17, 15) is 4.79 Å². The molecule has 0 aliphatic carbocycles. The molecule has 2 heterocycles. The van der Waals surface area contributed by atoms with Gasteiger partial charge in [-0.2, -0.15) is 0 Å². The second-order valence-electron chi connectivity index (χ2n) is 4.55. The van der Waals surface area contributed by atoms with E-state index in [0.29, 0.717) is 6.54 Å². The van der Waals surface area contributed by atoms with E-state index >= 15 is 0 Å². The number of aromatic nitrogens is 3. The van der Waals surface area contributed by atoms with Gasteiger partial charge in [0.05, 0.1) is 5.69 Å². The summed E-state index contributed by atoms with van der Waals surface area (Å²) >= 11 is 0. The van der Waals surface area contributed by atoms with Crippen molar-refractivity contribution in [3.63, 3.8) is 0 Å². The van der Waals surface area contributed by atoms with Crippen molar-refractivity contribution in [2.45, 2.75) is 6.54 Å². The summed E-state index contributed by atoms with van der Waals surface area (Å²) in [6.45, 7) is 0.486. The molecule has 0 aliphatic heterocycles. The Labute approximate surface area is 122 Å². The number of rotatable bonds is 3. The van der Waals surface area contributed by atoms with Crippen LogP contribution in [0.3, 0.4) is 0 Å². The Morgan fingerprint density at radius 2 is 2.00 bits per heavy atom. The molecule has 0 aliphatic rings. The highest BCUT2D eigenvalue weighted by Crippen LogP contribution is 2.14. The maximum atomic E-state index is 12.1. The van der Waals surface area contributed by atoms with E-state index in [0.717, 1.165) is 16.8 Å². The van der Waals surface area contributed by atoms with Crippen LogP contribution in [-0.4, -0.2) is 20.6 Å². The predicted molar refractivity (Wildman–Crippen MR) is 79.5 cm³/mol. The molecule has 3 rings (SSSR count). The smallest absolute Gasteiger partial charge is 0.327 e.